The summed E-state index contributed by atoms with van der Waals surface area (Å²) >= 11 is 4.27. The summed E-state index contributed by atoms with van der Waals surface area (Å²) in [6, 6.07) is 4.88. The summed E-state index contributed by atoms with van der Waals surface area (Å²) in [4.78, 5) is 28.0. The van der Waals surface area contributed by atoms with E-state index in [1.54, 1.807) is 25.1 Å². The van der Waals surface area contributed by atoms with Crippen LogP contribution >= 0.6 is 34.4 Å². The molecule has 6 nitrogen and oxygen atoms in total. The summed E-state index contributed by atoms with van der Waals surface area (Å²) in [5.74, 6) is 1.90. The van der Waals surface area contributed by atoms with Gasteiger partial charge in [0.15, 0.2) is 0 Å². The Balaban J connectivity index is 1.61. The van der Waals surface area contributed by atoms with E-state index >= 15 is 0 Å². The van der Waals surface area contributed by atoms with E-state index in [9.17, 15) is 14.7 Å². The van der Waals surface area contributed by atoms with Gasteiger partial charge in [-0.3, -0.25) is 14.5 Å². The van der Waals surface area contributed by atoms with Gasteiger partial charge in [-0.1, -0.05) is 28.7 Å². The smallest absolute Gasteiger partial charge is 0.252 e. The second kappa shape index (κ2) is 10.3. The number of carbonyl (C=O) groups is 2. The van der Waals surface area contributed by atoms with E-state index in [1.165, 1.54) is 12.2 Å². The minimum absolute atomic E-state index is 0.0612. The number of hydrogen-bond acceptors (Lipinski definition) is 5. The first-order chi connectivity index (χ1) is 14.5. The van der Waals surface area contributed by atoms with Gasteiger partial charge in [0.2, 0.25) is 5.91 Å². The molecule has 2 aliphatic rings. The molecule has 0 saturated carbocycles. The van der Waals surface area contributed by atoms with Crippen LogP contribution in [0.4, 0.5) is 0 Å². The Morgan fingerprint density at radius 3 is 2.81 bits per heavy atom. The molecular formula is C23H34IN3O3S. The lowest BCUT2D eigenvalue weighted by molar-refractivity contribution is -0.129. The van der Waals surface area contributed by atoms with Crippen LogP contribution in [0, 0.1) is 12.8 Å². The molecule has 2 aliphatic heterocycles. The Morgan fingerprint density at radius 1 is 1.35 bits per heavy atom. The van der Waals surface area contributed by atoms with Gasteiger partial charge in [0.25, 0.3) is 5.91 Å². The third-order valence-corrected chi connectivity index (χ3v) is 8.43. The van der Waals surface area contributed by atoms with Crippen LogP contribution in [0.3, 0.4) is 0 Å². The number of halogens is 1. The third kappa shape index (κ3) is 6.51. The topological polar surface area (TPSA) is 81.7 Å². The van der Waals surface area contributed by atoms with Crippen molar-refractivity contribution in [3.63, 3.8) is 0 Å². The van der Waals surface area contributed by atoms with E-state index < -0.39 is 0 Å². The fraction of sp³-hybridized carbons (Fsp3) is 0.652. The normalized spacial score (nSPS) is 25.0. The number of carbonyl (C=O) groups excluding carboxylic acids is 2. The van der Waals surface area contributed by atoms with Crippen molar-refractivity contribution in [2.45, 2.75) is 67.8 Å². The van der Waals surface area contributed by atoms with E-state index in [0.717, 1.165) is 25.9 Å². The average molecular weight is 560 g/mol. The summed E-state index contributed by atoms with van der Waals surface area (Å²) in [7, 11) is 0. The molecule has 2 heterocycles. The van der Waals surface area contributed by atoms with Gasteiger partial charge in [0, 0.05) is 35.0 Å². The first kappa shape index (κ1) is 24.6. The maximum absolute atomic E-state index is 13.0. The lowest BCUT2D eigenvalue weighted by atomic mass is 9.89. The van der Waals surface area contributed by atoms with Crippen molar-refractivity contribution < 1.29 is 14.7 Å². The van der Waals surface area contributed by atoms with Crippen molar-refractivity contribution in [2.75, 3.05) is 18.8 Å². The van der Waals surface area contributed by atoms with Crippen LogP contribution in [0.5, 0.6) is 5.75 Å². The molecule has 0 bridgehead atoms. The van der Waals surface area contributed by atoms with E-state index in [2.05, 4.69) is 38.1 Å². The quantitative estimate of drug-likeness (QED) is 0.282. The van der Waals surface area contributed by atoms with Crippen LogP contribution in [0.2, 0.25) is 0 Å². The molecule has 3 rings (SSSR count). The minimum Gasteiger partial charge on any atom is -0.508 e. The van der Waals surface area contributed by atoms with Gasteiger partial charge in [-0.25, -0.2) is 0 Å². The zero-order chi connectivity index (χ0) is 22.8. The van der Waals surface area contributed by atoms with E-state index in [1.807, 2.05) is 32.5 Å². The molecule has 31 heavy (non-hydrogen) atoms. The number of aromatic hydroxyl groups is 1. The maximum atomic E-state index is 13.0. The Bertz CT molecular complexity index is 814. The number of nitrogens with zero attached hydrogens (tertiary/aromatic N) is 1. The highest BCUT2D eigenvalue weighted by atomic mass is 127. The number of alkyl halides is 1. The zero-order valence-electron chi connectivity index (χ0n) is 18.8. The molecule has 0 radical (unpaired) electrons. The molecule has 1 aromatic carbocycles. The van der Waals surface area contributed by atoms with Gasteiger partial charge in [-0.2, -0.15) is 11.8 Å². The Kier molecular flexibility index (Phi) is 8.18. The van der Waals surface area contributed by atoms with E-state index in [4.69, 9.17) is 0 Å². The number of benzene rings is 1. The van der Waals surface area contributed by atoms with Crippen molar-refractivity contribution in [3.05, 3.63) is 29.3 Å². The van der Waals surface area contributed by atoms with Gasteiger partial charge in [0.1, 0.15) is 5.75 Å². The van der Waals surface area contributed by atoms with Crippen LogP contribution in [0.1, 0.15) is 56.0 Å². The molecule has 1 unspecified atom stereocenters. The number of fused-ring (bicyclic) bond motifs is 1. The number of likely N-dealkylation sites (tertiary alicyclic amines) is 1. The molecule has 0 aromatic heterocycles. The molecule has 2 saturated heterocycles. The second-order valence-corrected chi connectivity index (χ2v) is 12.5. The lowest BCUT2D eigenvalue weighted by Crippen LogP contribution is -2.57. The first-order valence-corrected chi connectivity index (χ1v) is 13.3. The van der Waals surface area contributed by atoms with Crippen LogP contribution < -0.4 is 10.6 Å². The minimum atomic E-state index is -0.249. The Morgan fingerprint density at radius 2 is 2.10 bits per heavy atom. The molecular weight excluding hydrogens is 525 g/mol. The highest BCUT2D eigenvalue weighted by molar-refractivity contribution is 14.1. The lowest BCUT2D eigenvalue weighted by Gasteiger charge is -2.41. The van der Waals surface area contributed by atoms with Crippen molar-refractivity contribution in [1.82, 2.24) is 15.5 Å². The van der Waals surface area contributed by atoms with Gasteiger partial charge < -0.3 is 15.7 Å². The molecule has 3 N–H and O–H groups in total. The molecule has 0 spiro atoms. The van der Waals surface area contributed by atoms with E-state index in [-0.39, 0.29) is 33.2 Å². The van der Waals surface area contributed by atoms with Crippen LogP contribution in [-0.2, 0) is 4.79 Å². The molecule has 1 aromatic rings. The summed E-state index contributed by atoms with van der Waals surface area (Å²) in [5, 5.41) is 16.6. The summed E-state index contributed by atoms with van der Waals surface area (Å²) in [6.07, 6.45) is 2.88. The summed E-state index contributed by atoms with van der Waals surface area (Å²) in [5.41, 5.74) is 0.831. The summed E-state index contributed by atoms with van der Waals surface area (Å²) < 4.78 is -0.0612. The summed E-state index contributed by atoms with van der Waals surface area (Å²) in [6.45, 7) is 9.52. The van der Waals surface area contributed by atoms with Crippen molar-refractivity contribution in [2.24, 2.45) is 5.92 Å². The number of nitrogens with one attached hydrogen (secondary N) is 2. The average Bonchev–Trinajstić information content (AvgIpc) is 3.13. The highest BCUT2D eigenvalue weighted by Gasteiger charge is 2.42. The fourth-order valence-electron chi connectivity index (χ4n) is 4.37. The largest absolute Gasteiger partial charge is 0.508 e. The van der Waals surface area contributed by atoms with Gasteiger partial charge in [-0.05, 0) is 70.8 Å². The fourth-order valence-corrected chi connectivity index (χ4v) is 6.49. The number of amides is 2. The first-order valence-electron chi connectivity index (χ1n) is 11.0. The monoisotopic (exact) mass is 559 g/mol. The third-order valence-electron chi connectivity index (χ3n) is 6.02. The van der Waals surface area contributed by atoms with Crippen molar-refractivity contribution in [1.29, 1.82) is 0 Å². The second-order valence-electron chi connectivity index (χ2n) is 9.62. The Hall–Kier alpha value is -1.00. The van der Waals surface area contributed by atoms with Gasteiger partial charge >= 0.3 is 0 Å². The standard InChI is InChI=1S/C23H34IN3O3S/c1-14-16(6-5-7-18(14)28)21(29)25-20(24)8-10-27-13-15-9-11-31-19(15)12-17(27)22(30)26-23(2,3)4/h5-7,15,17,19-20,28H,8-13H2,1-4H3,(H,25,29)(H,26,30)/t15-,17+,19?,20+/m1/s1. The molecule has 8 heteroatoms. The van der Waals surface area contributed by atoms with Crippen LogP contribution in [0.15, 0.2) is 18.2 Å². The molecule has 4 atom stereocenters. The van der Waals surface area contributed by atoms with Crippen LogP contribution in [0.25, 0.3) is 0 Å². The number of rotatable bonds is 6. The highest BCUT2D eigenvalue weighted by Crippen LogP contribution is 2.40. The number of thioether (sulfide) groups is 1. The van der Waals surface area contributed by atoms with Gasteiger partial charge in [-0.15, -0.1) is 0 Å². The predicted octanol–water partition coefficient (Wildman–Crippen LogP) is 3.69. The van der Waals surface area contributed by atoms with Crippen LogP contribution in [-0.4, -0.2) is 61.5 Å². The van der Waals surface area contributed by atoms with Crippen molar-refractivity contribution in [3.8, 4) is 5.75 Å². The molecule has 2 fully saturated rings. The molecule has 0 aliphatic carbocycles. The SMILES string of the molecule is Cc1c(O)cccc1C(=O)N[C@H](I)CCN1C[C@H]2CCSC2C[C@H]1C(=O)NC(C)(C)C. The van der Waals surface area contributed by atoms with Gasteiger partial charge in [0.05, 0.1) is 10.1 Å². The predicted molar refractivity (Wildman–Crippen MR) is 135 cm³/mol. The zero-order valence-corrected chi connectivity index (χ0v) is 21.8. The maximum Gasteiger partial charge on any atom is 0.252 e. The number of piperidine rings is 1. The molecule has 172 valence electrons. The Labute approximate surface area is 203 Å². The number of phenolic OH excluding ortho intramolecular Hbond substituents is 1. The molecule has 2 amide bonds. The van der Waals surface area contributed by atoms with E-state index in [0.29, 0.717) is 22.3 Å². The number of phenols is 1. The number of hydrogen-bond donors (Lipinski definition) is 3. The van der Waals surface area contributed by atoms with Crippen molar-refractivity contribution >= 4 is 46.2 Å².